The molecule has 1 aromatic carbocycles. The number of methoxy groups -OCH3 is 2. The van der Waals surface area contributed by atoms with E-state index in [0.29, 0.717) is 30.2 Å². The first-order valence-corrected chi connectivity index (χ1v) is 9.60. The van der Waals surface area contributed by atoms with Crippen molar-refractivity contribution >= 4 is 11.8 Å². The number of likely N-dealkylation sites (tertiary alicyclic amines) is 1. The van der Waals surface area contributed by atoms with Gasteiger partial charge in [0.2, 0.25) is 5.91 Å². The minimum Gasteiger partial charge on any atom is -0.497 e. The Bertz CT molecular complexity index is 707. The van der Waals surface area contributed by atoms with E-state index in [2.05, 4.69) is 11.4 Å². The zero-order chi connectivity index (χ0) is 19.2. The van der Waals surface area contributed by atoms with E-state index in [4.69, 9.17) is 9.47 Å². The summed E-state index contributed by atoms with van der Waals surface area (Å²) in [5.41, 5.74) is 1.47. The van der Waals surface area contributed by atoms with Crippen molar-refractivity contribution in [3.8, 4) is 11.5 Å². The molecule has 1 aromatic rings. The van der Waals surface area contributed by atoms with Crippen LogP contribution in [0.5, 0.6) is 11.5 Å². The average Bonchev–Trinajstić information content (AvgIpc) is 3.26. The molecule has 3 rings (SSSR count). The molecule has 6 nitrogen and oxygen atoms in total. The third-order valence-corrected chi connectivity index (χ3v) is 5.29. The molecule has 1 atom stereocenters. The Kier molecular flexibility index (Phi) is 6.37. The number of nitrogens with zero attached hydrogens (tertiary/aromatic N) is 1. The second kappa shape index (κ2) is 8.93. The Hall–Kier alpha value is -2.50. The van der Waals surface area contributed by atoms with Crippen molar-refractivity contribution in [2.24, 2.45) is 5.92 Å². The van der Waals surface area contributed by atoms with Gasteiger partial charge in [-0.2, -0.15) is 0 Å². The van der Waals surface area contributed by atoms with Gasteiger partial charge in [-0.1, -0.05) is 6.08 Å². The lowest BCUT2D eigenvalue weighted by atomic mass is 9.97. The van der Waals surface area contributed by atoms with Crippen LogP contribution >= 0.6 is 0 Å². The SMILES string of the molecule is COc1cc(OC)cc(C(=O)NCC2CCCN(C(=O)C3=CCCC3)C2)c1. The van der Waals surface area contributed by atoms with Crippen molar-refractivity contribution in [3.05, 3.63) is 35.4 Å². The molecule has 2 amide bonds. The van der Waals surface area contributed by atoms with Crippen LogP contribution in [0.3, 0.4) is 0 Å². The van der Waals surface area contributed by atoms with Crippen LogP contribution in [-0.4, -0.2) is 50.6 Å². The molecule has 1 unspecified atom stereocenters. The van der Waals surface area contributed by atoms with Crippen molar-refractivity contribution in [1.29, 1.82) is 0 Å². The molecule has 0 aromatic heterocycles. The van der Waals surface area contributed by atoms with Crippen LogP contribution in [0.25, 0.3) is 0 Å². The van der Waals surface area contributed by atoms with E-state index in [9.17, 15) is 9.59 Å². The van der Waals surface area contributed by atoms with Crippen LogP contribution in [0.1, 0.15) is 42.5 Å². The number of carbonyl (C=O) groups is 2. The molecule has 1 saturated heterocycles. The first-order valence-electron chi connectivity index (χ1n) is 9.60. The van der Waals surface area contributed by atoms with Gasteiger partial charge in [-0.3, -0.25) is 9.59 Å². The molecule has 0 radical (unpaired) electrons. The fourth-order valence-electron chi connectivity index (χ4n) is 3.76. The molecule has 1 aliphatic heterocycles. The minimum absolute atomic E-state index is 0.158. The Balaban J connectivity index is 1.56. The quantitative estimate of drug-likeness (QED) is 0.834. The van der Waals surface area contributed by atoms with Gasteiger partial charge in [0.1, 0.15) is 11.5 Å². The highest BCUT2D eigenvalue weighted by molar-refractivity contribution is 5.95. The highest BCUT2D eigenvalue weighted by Crippen LogP contribution is 2.24. The molecule has 1 heterocycles. The largest absolute Gasteiger partial charge is 0.497 e. The van der Waals surface area contributed by atoms with E-state index in [1.807, 2.05) is 4.90 Å². The van der Waals surface area contributed by atoms with Gasteiger partial charge in [0.15, 0.2) is 0 Å². The molecule has 27 heavy (non-hydrogen) atoms. The van der Waals surface area contributed by atoms with E-state index < -0.39 is 0 Å². The second-order valence-electron chi connectivity index (χ2n) is 7.19. The smallest absolute Gasteiger partial charge is 0.251 e. The van der Waals surface area contributed by atoms with E-state index in [1.54, 1.807) is 32.4 Å². The molecular weight excluding hydrogens is 344 g/mol. The predicted octanol–water partition coefficient (Wildman–Crippen LogP) is 2.78. The summed E-state index contributed by atoms with van der Waals surface area (Å²) in [7, 11) is 3.12. The monoisotopic (exact) mass is 372 g/mol. The summed E-state index contributed by atoms with van der Waals surface area (Å²) in [6.07, 6.45) is 7.06. The number of nitrogens with one attached hydrogen (secondary N) is 1. The first-order chi connectivity index (χ1) is 13.1. The van der Waals surface area contributed by atoms with E-state index >= 15 is 0 Å². The highest BCUT2D eigenvalue weighted by Gasteiger charge is 2.26. The fourth-order valence-corrected chi connectivity index (χ4v) is 3.76. The van der Waals surface area contributed by atoms with Crippen molar-refractivity contribution < 1.29 is 19.1 Å². The maximum absolute atomic E-state index is 12.6. The number of hydrogen-bond acceptors (Lipinski definition) is 4. The van der Waals surface area contributed by atoms with Gasteiger partial charge in [-0.15, -0.1) is 0 Å². The highest BCUT2D eigenvalue weighted by atomic mass is 16.5. The van der Waals surface area contributed by atoms with Crippen LogP contribution in [0.2, 0.25) is 0 Å². The van der Waals surface area contributed by atoms with Crippen molar-refractivity contribution in [1.82, 2.24) is 10.2 Å². The summed E-state index contributed by atoms with van der Waals surface area (Å²) in [5.74, 6) is 1.47. The third kappa shape index (κ3) is 4.81. The summed E-state index contributed by atoms with van der Waals surface area (Å²) in [4.78, 5) is 27.1. The number of benzene rings is 1. The topological polar surface area (TPSA) is 67.9 Å². The number of allylic oxidation sites excluding steroid dienone is 1. The molecule has 1 fully saturated rings. The van der Waals surface area contributed by atoms with Crippen LogP contribution in [0, 0.1) is 5.92 Å². The predicted molar refractivity (Wildman–Crippen MR) is 103 cm³/mol. The van der Waals surface area contributed by atoms with Gasteiger partial charge >= 0.3 is 0 Å². The normalized spacial score (nSPS) is 19.4. The second-order valence-corrected chi connectivity index (χ2v) is 7.19. The Labute approximate surface area is 160 Å². The molecule has 0 spiro atoms. The van der Waals surface area contributed by atoms with Crippen molar-refractivity contribution in [2.75, 3.05) is 33.9 Å². The summed E-state index contributed by atoms with van der Waals surface area (Å²) in [6, 6.07) is 5.13. The van der Waals surface area contributed by atoms with E-state index in [0.717, 1.165) is 44.2 Å². The number of ether oxygens (including phenoxy) is 2. The average molecular weight is 372 g/mol. The van der Waals surface area contributed by atoms with Crippen LogP contribution in [0.4, 0.5) is 0 Å². The number of hydrogen-bond donors (Lipinski definition) is 1. The lowest BCUT2D eigenvalue weighted by molar-refractivity contribution is -0.128. The molecule has 0 bridgehead atoms. The molecule has 0 saturated carbocycles. The van der Waals surface area contributed by atoms with Gasteiger partial charge in [0.05, 0.1) is 14.2 Å². The molecule has 2 aliphatic rings. The molecule has 6 heteroatoms. The summed E-state index contributed by atoms with van der Waals surface area (Å²) < 4.78 is 10.4. The Morgan fingerprint density at radius 2 is 1.89 bits per heavy atom. The van der Waals surface area contributed by atoms with Crippen LogP contribution in [0.15, 0.2) is 29.8 Å². The number of rotatable bonds is 6. The van der Waals surface area contributed by atoms with Gasteiger partial charge < -0.3 is 19.7 Å². The summed E-state index contributed by atoms with van der Waals surface area (Å²) in [5, 5.41) is 3.00. The lowest BCUT2D eigenvalue weighted by Crippen LogP contribution is -2.44. The van der Waals surface area contributed by atoms with E-state index in [1.165, 1.54) is 0 Å². The number of amides is 2. The van der Waals surface area contributed by atoms with E-state index in [-0.39, 0.29) is 17.7 Å². The van der Waals surface area contributed by atoms with Gasteiger partial charge in [-0.25, -0.2) is 0 Å². The number of carbonyl (C=O) groups excluding carboxylic acids is 2. The van der Waals surface area contributed by atoms with Crippen molar-refractivity contribution in [2.45, 2.75) is 32.1 Å². The number of piperidine rings is 1. The molecule has 146 valence electrons. The Morgan fingerprint density at radius 1 is 1.15 bits per heavy atom. The van der Waals surface area contributed by atoms with Gasteiger partial charge in [-0.05, 0) is 50.2 Å². The standard InChI is InChI=1S/C21H28N2O4/c1-26-18-10-17(11-19(12-18)27-2)20(24)22-13-15-6-5-9-23(14-15)21(25)16-7-3-4-8-16/h7,10-12,15H,3-6,8-9,13-14H2,1-2H3,(H,22,24). The molecule has 1 aliphatic carbocycles. The first kappa shape index (κ1) is 19.3. The fraction of sp³-hybridized carbons (Fsp3) is 0.524. The molecule has 1 N–H and O–H groups in total. The third-order valence-electron chi connectivity index (χ3n) is 5.29. The maximum Gasteiger partial charge on any atom is 0.251 e. The summed E-state index contributed by atoms with van der Waals surface area (Å²) in [6.45, 7) is 2.08. The van der Waals surface area contributed by atoms with Gasteiger partial charge in [0, 0.05) is 36.8 Å². The van der Waals surface area contributed by atoms with Crippen molar-refractivity contribution in [3.63, 3.8) is 0 Å². The molecular formula is C21H28N2O4. The lowest BCUT2D eigenvalue weighted by Gasteiger charge is -2.33. The van der Waals surface area contributed by atoms with Crippen LogP contribution < -0.4 is 14.8 Å². The van der Waals surface area contributed by atoms with Crippen LogP contribution in [-0.2, 0) is 4.79 Å². The Morgan fingerprint density at radius 3 is 2.52 bits per heavy atom. The maximum atomic E-state index is 12.6. The zero-order valence-electron chi connectivity index (χ0n) is 16.1. The minimum atomic E-state index is -0.158. The van der Waals surface area contributed by atoms with Gasteiger partial charge in [0.25, 0.3) is 5.91 Å². The summed E-state index contributed by atoms with van der Waals surface area (Å²) >= 11 is 0. The zero-order valence-corrected chi connectivity index (χ0v) is 16.1.